The lowest BCUT2D eigenvalue weighted by molar-refractivity contribution is 0.180. The number of aromatic nitrogens is 1. The van der Waals surface area contributed by atoms with Crippen LogP contribution in [0.4, 0.5) is 0 Å². The third-order valence-corrected chi connectivity index (χ3v) is 8.02. The minimum Gasteiger partial charge on any atom is -0.411 e. The largest absolute Gasteiger partial charge is 0.411 e. The summed E-state index contributed by atoms with van der Waals surface area (Å²) in [6.45, 7) is 12.4. The van der Waals surface area contributed by atoms with Crippen LogP contribution in [0.25, 0.3) is 0 Å². The highest BCUT2D eigenvalue weighted by Gasteiger charge is 2.37. The maximum atomic E-state index is 6.15. The van der Waals surface area contributed by atoms with Crippen molar-refractivity contribution in [2.75, 3.05) is 7.11 Å². The third kappa shape index (κ3) is 4.19. The molecule has 0 aliphatic carbocycles. The maximum Gasteiger partial charge on any atom is 0.192 e. The van der Waals surface area contributed by atoms with Crippen molar-refractivity contribution >= 4 is 8.32 Å². The van der Waals surface area contributed by atoms with E-state index in [1.165, 1.54) is 0 Å². The van der Waals surface area contributed by atoms with Crippen molar-refractivity contribution in [2.45, 2.75) is 52.1 Å². The molecule has 0 fully saturated rings. The summed E-state index contributed by atoms with van der Waals surface area (Å²) in [5.74, 6) is 0. The topological polar surface area (TPSA) is 31.4 Å². The van der Waals surface area contributed by atoms with Crippen molar-refractivity contribution in [3.8, 4) is 0 Å². The molecule has 0 aromatic carbocycles. The molecular weight excluding hydrogens is 242 g/mol. The van der Waals surface area contributed by atoms with Gasteiger partial charge in [0.25, 0.3) is 0 Å². The summed E-state index contributed by atoms with van der Waals surface area (Å²) in [7, 11) is -0.0138. The van der Waals surface area contributed by atoms with E-state index in [-0.39, 0.29) is 5.04 Å². The molecule has 0 unspecified atom stereocenters. The van der Waals surface area contributed by atoms with Gasteiger partial charge in [0.15, 0.2) is 8.32 Å². The Morgan fingerprint density at radius 3 is 2.17 bits per heavy atom. The minimum atomic E-state index is -1.69. The molecule has 18 heavy (non-hydrogen) atoms. The Kier molecular flexibility index (Phi) is 5.07. The van der Waals surface area contributed by atoms with Gasteiger partial charge in [0.05, 0.1) is 24.6 Å². The molecule has 1 heterocycles. The van der Waals surface area contributed by atoms with Gasteiger partial charge in [-0.2, -0.15) is 0 Å². The molecule has 0 saturated heterocycles. The maximum absolute atomic E-state index is 6.15. The lowest BCUT2D eigenvalue weighted by atomic mass is 10.2. The van der Waals surface area contributed by atoms with E-state index in [0.717, 1.165) is 11.4 Å². The quantitative estimate of drug-likeness (QED) is 0.761. The molecule has 0 saturated carbocycles. The molecule has 0 amide bonds. The number of pyridine rings is 1. The molecule has 4 heteroatoms. The number of hydrogen-bond donors (Lipinski definition) is 0. The SMILES string of the molecule is COCc1cccc(CO[Si](C)(C)C(C)(C)C)n1. The van der Waals surface area contributed by atoms with Crippen LogP contribution in [0.15, 0.2) is 18.2 Å². The van der Waals surface area contributed by atoms with E-state index in [0.29, 0.717) is 13.2 Å². The van der Waals surface area contributed by atoms with Crippen LogP contribution in [0.3, 0.4) is 0 Å². The first-order valence-corrected chi connectivity index (χ1v) is 9.25. The number of methoxy groups -OCH3 is 1. The van der Waals surface area contributed by atoms with Gasteiger partial charge in [-0.1, -0.05) is 26.8 Å². The fourth-order valence-electron chi connectivity index (χ4n) is 1.31. The number of hydrogen-bond acceptors (Lipinski definition) is 3. The van der Waals surface area contributed by atoms with Gasteiger partial charge in [0.1, 0.15) is 0 Å². The minimum absolute atomic E-state index is 0.233. The summed E-state index contributed by atoms with van der Waals surface area (Å²) in [5, 5.41) is 0.233. The Labute approximate surface area is 112 Å². The van der Waals surface area contributed by atoms with Crippen molar-refractivity contribution in [1.29, 1.82) is 0 Å². The second-order valence-electron chi connectivity index (χ2n) is 6.10. The average Bonchev–Trinajstić information content (AvgIpc) is 2.26. The predicted octanol–water partition coefficient (Wildman–Crippen LogP) is 3.75. The Bertz CT molecular complexity index is 386. The van der Waals surface area contributed by atoms with Crippen molar-refractivity contribution in [3.63, 3.8) is 0 Å². The first-order valence-electron chi connectivity index (χ1n) is 6.34. The third-order valence-electron chi connectivity index (χ3n) is 3.54. The standard InChI is InChI=1S/C14H25NO2Si/c1-14(2,3)18(5,6)17-11-13-9-7-8-12(15-13)10-16-4/h7-9H,10-11H2,1-6H3. The summed E-state index contributed by atoms with van der Waals surface area (Å²) in [4.78, 5) is 4.52. The first kappa shape index (κ1) is 15.3. The molecule has 0 radical (unpaired) electrons. The summed E-state index contributed by atoms with van der Waals surface area (Å²) in [5.41, 5.74) is 1.93. The number of nitrogens with zero attached hydrogens (tertiary/aromatic N) is 1. The average molecular weight is 267 g/mol. The molecule has 0 atom stereocenters. The van der Waals surface area contributed by atoms with E-state index in [4.69, 9.17) is 9.16 Å². The smallest absolute Gasteiger partial charge is 0.192 e. The Morgan fingerprint density at radius 1 is 1.11 bits per heavy atom. The van der Waals surface area contributed by atoms with Gasteiger partial charge < -0.3 is 9.16 Å². The molecule has 102 valence electrons. The number of ether oxygens (including phenoxy) is 1. The Balaban J connectivity index is 2.66. The molecule has 0 aliphatic heterocycles. The van der Waals surface area contributed by atoms with E-state index >= 15 is 0 Å². The predicted molar refractivity (Wildman–Crippen MR) is 76.9 cm³/mol. The summed E-state index contributed by atoms with van der Waals surface area (Å²) >= 11 is 0. The normalized spacial score (nSPS) is 12.8. The summed E-state index contributed by atoms with van der Waals surface area (Å²) in [6, 6.07) is 5.98. The van der Waals surface area contributed by atoms with Crippen LogP contribution in [0, 0.1) is 0 Å². The van der Waals surface area contributed by atoms with Crippen LogP contribution >= 0.6 is 0 Å². The van der Waals surface area contributed by atoms with Crippen molar-refractivity contribution < 1.29 is 9.16 Å². The fourth-order valence-corrected chi connectivity index (χ4v) is 2.25. The Hall–Kier alpha value is -0.713. The molecule has 0 bridgehead atoms. The lowest BCUT2D eigenvalue weighted by Gasteiger charge is -2.36. The van der Waals surface area contributed by atoms with Gasteiger partial charge in [-0.25, -0.2) is 0 Å². The van der Waals surface area contributed by atoms with E-state index in [9.17, 15) is 0 Å². The number of rotatable bonds is 5. The Morgan fingerprint density at radius 2 is 1.67 bits per heavy atom. The fraction of sp³-hybridized carbons (Fsp3) is 0.643. The van der Waals surface area contributed by atoms with Crippen LogP contribution < -0.4 is 0 Å². The van der Waals surface area contributed by atoms with Crippen molar-refractivity contribution in [1.82, 2.24) is 4.98 Å². The monoisotopic (exact) mass is 267 g/mol. The highest BCUT2D eigenvalue weighted by molar-refractivity contribution is 6.74. The molecular formula is C14H25NO2Si. The highest BCUT2D eigenvalue weighted by Crippen LogP contribution is 2.36. The van der Waals surface area contributed by atoms with Gasteiger partial charge >= 0.3 is 0 Å². The second-order valence-corrected chi connectivity index (χ2v) is 10.9. The zero-order valence-electron chi connectivity index (χ0n) is 12.4. The molecule has 0 spiro atoms. The zero-order valence-corrected chi connectivity index (χ0v) is 13.4. The van der Waals surface area contributed by atoms with E-state index in [2.05, 4.69) is 38.8 Å². The van der Waals surface area contributed by atoms with Crippen molar-refractivity contribution in [3.05, 3.63) is 29.6 Å². The summed E-state index contributed by atoms with van der Waals surface area (Å²) < 4.78 is 11.2. The van der Waals surface area contributed by atoms with Crippen LogP contribution in [0.5, 0.6) is 0 Å². The molecule has 1 aromatic heterocycles. The van der Waals surface area contributed by atoms with E-state index in [1.807, 2.05) is 18.2 Å². The summed E-state index contributed by atoms with van der Waals surface area (Å²) in [6.07, 6.45) is 0. The van der Waals surface area contributed by atoms with Gasteiger partial charge in [-0.05, 0) is 30.3 Å². The van der Waals surface area contributed by atoms with Gasteiger partial charge in [-0.3, -0.25) is 4.98 Å². The van der Waals surface area contributed by atoms with Crippen LogP contribution in [0.1, 0.15) is 32.2 Å². The van der Waals surface area contributed by atoms with Gasteiger partial charge in [-0.15, -0.1) is 0 Å². The first-order chi connectivity index (χ1) is 8.26. The molecule has 0 N–H and O–H groups in total. The molecule has 1 aromatic rings. The molecule has 3 nitrogen and oxygen atoms in total. The van der Waals surface area contributed by atoms with Crippen LogP contribution in [-0.4, -0.2) is 20.4 Å². The van der Waals surface area contributed by atoms with Crippen LogP contribution in [0.2, 0.25) is 18.1 Å². The van der Waals surface area contributed by atoms with Gasteiger partial charge in [0.2, 0.25) is 0 Å². The molecule has 1 rings (SSSR count). The van der Waals surface area contributed by atoms with E-state index in [1.54, 1.807) is 7.11 Å². The van der Waals surface area contributed by atoms with Crippen LogP contribution in [-0.2, 0) is 22.4 Å². The zero-order chi connectivity index (χ0) is 13.8. The lowest BCUT2D eigenvalue weighted by Crippen LogP contribution is -2.40. The van der Waals surface area contributed by atoms with Gasteiger partial charge in [0, 0.05) is 7.11 Å². The highest BCUT2D eigenvalue weighted by atomic mass is 28.4. The molecule has 0 aliphatic rings. The van der Waals surface area contributed by atoms with E-state index < -0.39 is 8.32 Å². The van der Waals surface area contributed by atoms with Crippen molar-refractivity contribution in [2.24, 2.45) is 0 Å². The second kappa shape index (κ2) is 5.95.